The minimum Gasteiger partial charge on any atom is -0.352 e. The molecule has 1 aromatic carbocycles. The van der Waals surface area contributed by atoms with Crippen LogP contribution < -0.4 is 5.32 Å². The van der Waals surface area contributed by atoms with Crippen molar-refractivity contribution >= 4 is 15.7 Å². The first-order valence-corrected chi connectivity index (χ1v) is 10.4. The van der Waals surface area contributed by atoms with Crippen molar-refractivity contribution < 1.29 is 13.2 Å². The lowest BCUT2D eigenvalue weighted by atomic mass is 10.1. The lowest BCUT2D eigenvalue weighted by Crippen LogP contribution is -2.36. The van der Waals surface area contributed by atoms with Crippen molar-refractivity contribution in [1.29, 1.82) is 0 Å². The number of sulfone groups is 1. The molecule has 0 aliphatic carbocycles. The van der Waals surface area contributed by atoms with Crippen LogP contribution in [0.5, 0.6) is 0 Å². The summed E-state index contributed by atoms with van der Waals surface area (Å²) in [5.74, 6) is 0.370. The van der Waals surface area contributed by atoms with E-state index in [1.165, 1.54) is 6.33 Å². The van der Waals surface area contributed by atoms with Gasteiger partial charge in [-0.15, -0.1) is 0 Å². The highest BCUT2D eigenvalue weighted by Crippen LogP contribution is 2.16. The average molecular weight is 377 g/mol. The Balaban J connectivity index is 1.49. The molecular formula is C17H23N5O3S. The molecule has 1 aromatic heterocycles. The number of amides is 1. The van der Waals surface area contributed by atoms with Gasteiger partial charge in [-0.25, -0.2) is 18.1 Å². The van der Waals surface area contributed by atoms with Gasteiger partial charge in [0, 0.05) is 25.6 Å². The maximum atomic E-state index is 12.2. The summed E-state index contributed by atoms with van der Waals surface area (Å²) in [6, 6.07) is 7.70. The van der Waals surface area contributed by atoms with E-state index in [0.717, 1.165) is 11.3 Å². The largest absolute Gasteiger partial charge is 0.352 e. The average Bonchev–Trinajstić information content (AvgIpc) is 3.27. The van der Waals surface area contributed by atoms with E-state index in [1.807, 2.05) is 36.2 Å². The normalized spacial score (nSPS) is 18.9. The van der Waals surface area contributed by atoms with Crippen LogP contribution in [-0.4, -0.2) is 65.1 Å². The second-order valence-electron chi connectivity index (χ2n) is 6.53. The molecule has 0 unspecified atom stereocenters. The smallest absolute Gasteiger partial charge is 0.221 e. The number of rotatable bonds is 7. The van der Waals surface area contributed by atoms with Crippen molar-refractivity contribution in [3.8, 4) is 5.69 Å². The van der Waals surface area contributed by atoms with E-state index in [-0.39, 0.29) is 23.5 Å². The zero-order valence-electron chi connectivity index (χ0n) is 14.7. The van der Waals surface area contributed by atoms with Crippen LogP contribution in [0, 0.1) is 0 Å². The second-order valence-corrected chi connectivity index (χ2v) is 8.76. The molecular weight excluding hydrogens is 354 g/mol. The molecule has 9 heteroatoms. The number of para-hydroxylation sites is 1. The van der Waals surface area contributed by atoms with Gasteiger partial charge < -0.3 is 10.2 Å². The molecule has 1 aliphatic rings. The number of hydrogen-bond donors (Lipinski definition) is 1. The number of aromatic nitrogens is 3. The number of carbonyl (C=O) groups is 1. The standard InChI is InChI=1S/C17H23N5O3S/c1-21(15-7-9-26(24,25)11-15)8-6-17(23)19-10-14-4-2-3-5-16(14)22-13-18-12-20-22/h2-5,12-13,15H,6-11H2,1H3,(H,19,23)/t15-/m0/s1. The zero-order valence-corrected chi connectivity index (χ0v) is 15.5. The highest BCUT2D eigenvalue weighted by Gasteiger charge is 2.30. The molecule has 2 aromatic rings. The molecule has 0 bridgehead atoms. The Morgan fingerprint density at radius 1 is 1.38 bits per heavy atom. The molecule has 2 heterocycles. The van der Waals surface area contributed by atoms with E-state index in [4.69, 9.17) is 0 Å². The van der Waals surface area contributed by atoms with Gasteiger partial charge in [0.25, 0.3) is 0 Å². The Morgan fingerprint density at radius 2 is 2.19 bits per heavy atom. The molecule has 1 atom stereocenters. The van der Waals surface area contributed by atoms with Crippen LogP contribution >= 0.6 is 0 Å². The fourth-order valence-electron chi connectivity index (χ4n) is 3.08. The minimum atomic E-state index is -2.91. The predicted octanol–water partition coefficient (Wildman–Crippen LogP) is 0.392. The molecule has 1 fully saturated rings. The molecule has 1 aliphatic heterocycles. The van der Waals surface area contributed by atoms with E-state index in [9.17, 15) is 13.2 Å². The number of carbonyl (C=O) groups excluding carboxylic acids is 1. The third-order valence-electron chi connectivity index (χ3n) is 4.66. The molecule has 140 valence electrons. The molecule has 1 N–H and O–H groups in total. The fourth-order valence-corrected chi connectivity index (χ4v) is 4.89. The summed E-state index contributed by atoms with van der Waals surface area (Å²) in [5, 5.41) is 7.04. The second kappa shape index (κ2) is 7.96. The molecule has 1 amide bonds. The lowest BCUT2D eigenvalue weighted by molar-refractivity contribution is -0.121. The molecule has 0 radical (unpaired) electrons. The number of hydrogen-bond acceptors (Lipinski definition) is 6. The Bertz CT molecular complexity index is 851. The van der Waals surface area contributed by atoms with Gasteiger partial charge in [-0.2, -0.15) is 5.10 Å². The Labute approximate surface area is 153 Å². The topological polar surface area (TPSA) is 97.2 Å². The lowest BCUT2D eigenvalue weighted by Gasteiger charge is -2.22. The summed E-state index contributed by atoms with van der Waals surface area (Å²) in [6.45, 7) is 0.938. The van der Waals surface area contributed by atoms with E-state index in [1.54, 1.807) is 11.0 Å². The van der Waals surface area contributed by atoms with Gasteiger partial charge >= 0.3 is 0 Å². The van der Waals surface area contributed by atoms with Crippen molar-refractivity contribution in [3.63, 3.8) is 0 Å². The molecule has 3 rings (SSSR count). The maximum Gasteiger partial charge on any atom is 0.221 e. The van der Waals surface area contributed by atoms with Crippen molar-refractivity contribution in [2.75, 3.05) is 25.1 Å². The van der Waals surface area contributed by atoms with Gasteiger partial charge in [0.2, 0.25) is 5.91 Å². The number of benzene rings is 1. The van der Waals surface area contributed by atoms with E-state index in [0.29, 0.717) is 25.9 Å². The van der Waals surface area contributed by atoms with Crippen LogP contribution in [-0.2, 0) is 21.2 Å². The van der Waals surface area contributed by atoms with E-state index >= 15 is 0 Å². The van der Waals surface area contributed by atoms with Crippen LogP contribution in [0.15, 0.2) is 36.9 Å². The first-order chi connectivity index (χ1) is 12.4. The summed E-state index contributed by atoms with van der Waals surface area (Å²) >= 11 is 0. The number of nitrogens with one attached hydrogen (secondary N) is 1. The Morgan fingerprint density at radius 3 is 2.88 bits per heavy atom. The van der Waals surface area contributed by atoms with Crippen LogP contribution in [0.1, 0.15) is 18.4 Å². The Kier molecular flexibility index (Phi) is 5.67. The van der Waals surface area contributed by atoms with E-state index in [2.05, 4.69) is 15.4 Å². The van der Waals surface area contributed by atoms with Gasteiger partial charge in [-0.3, -0.25) is 4.79 Å². The molecule has 0 spiro atoms. The minimum absolute atomic E-state index is 0.0147. The van der Waals surface area contributed by atoms with Gasteiger partial charge in [0.05, 0.1) is 17.2 Å². The first-order valence-electron chi connectivity index (χ1n) is 8.55. The van der Waals surface area contributed by atoms with Crippen LogP contribution in [0.25, 0.3) is 5.69 Å². The molecule has 8 nitrogen and oxygen atoms in total. The first kappa shape index (κ1) is 18.5. The van der Waals surface area contributed by atoms with Gasteiger partial charge in [0.1, 0.15) is 12.7 Å². The Hall–Kier alpha value is -2.26. The highest BCUT2D eigenvalue weighted by atomic mass is 32.2. The summed E-state index contributed by atoms with van der Waals surface area (Å²) in [4.78, 5) is 18.1. The maximum absolute atomic E-state index is 12.2. The van der Waals surface area contributed by atoms with Crippen molar-refractivity contribution in [1.82, 2.24) is 25.0 Å². The third kappa shape index (κ3) is 4.67. The molecule has 26 heavy (non-hydrogen) atoms. The van der Waals surface area contributed by atoms with Gasteiger partial charge in [-0.1, -0.05) is 18.2 Å². The van der Waals surface area contributed by atoms with Crippen molar-refractivity contribution in [2.45, 2.75) is 25.4 Å². The predicted molar refractivity (Wildman–Crippen MR) is 97.5 cm³/mol. The summed E-state index contributed by atoms with van der Waals surface area (Å²) < 4.78 is 24.8. The summed E-state index contributed by atoms with van der Waals surface area (Å²) in [6.07, 6.45) is 4.06. The summed E-state index contributed by atoms with van der Waals surface area (Å²) in [5.41, 5.74) is 1.82. The number of nitrogens with zero attached hydrogens (tertiary/aromatic N) is 4. The SMILES string of the molecule is CN(CCC(=O)NCc1ccccc1-n1cncn1)[C@H]1CCS(=O)(=O)C1. The third-order valence-corrected chi connectivity index (χ3v) is 6.41. The quantitative estimate of drug-likeness (QED) is 0.750. The van der Waals surface area contributed by atoms with Crippen LogP contribution in [0.4, 0.5) is 0 Å². The van der Waals surface area contributed by atoms with Gasteiger partial charge in [-0.05, 0) is 25.1 Å². The highest BCUT2D eigenvalue weighted by molar-refractivity contribution is 7.91. The fraction of sp³-hybridized carbons (Fsp3) is 0.471. The van der Waals surface area contributed by atoms with Crippen molar-refractivity contribution in [2.24, 2.45) is 0 Å². The summed E-state index contributed by atoms with van der Waals surface area (Å²) in [7, 11) is -1.03. The van der Waals surface area contributed by atoms with E-state index < -0.39 is 9.84 Å². The van der Waals surface area contributed by atoms with Crippen LogP contribution in [0.3, 0.4) is 0 Å². The monoisotopic (exact) mass is 377 g/mol. The zero-order chi connectivity index (χ0) is 18.6. The van der Waals surface area contributed by atoms with Gasteiger partial charge in [0.15, 0.2) is 9.84 Å². The molecule has 0 saturated carbocycles. The van der Waals surface area contributed by atoms with Crippen molar-refractivity contribution in [3.05, 3.63) is 42.5 Å². The molecule has 1 saturated heterocycles. The van der Waals surface area contributed by atoms with Crippen LogP contribution in [0.2, 0.25) is 0 Å².